The topological polar surface area (TPSA) is 53.1 Å². The van der Waals surface area contributed by atoms with Gasteiger partial charge in [0.25, 0.3) is 0 Å². The fourth-order valence-electron chi connectivity index (χ4n) is 5.84. The Labute approximate surface area is 235 Å². The number of hydrogen-bond acceptors (Lipinski definition) is 4. The fourth-order valence-corrected chi connectivity index (χ4v) is 6.16. The molecule has 2 saturated heterocycles. The second-order valence-corrected chi connectivity index (χ2v) is 12.1. The summed E-state index contributed by atoms with van der Waals surface area (Å²) in [6, 6.07) is 12.9. The third kappa shape index (κ3) is 6.64. The summed E-state index contributed by atoms with van der Waals surface area (Å²) in [7, 11) is 1.77. The average molecular weight is 559 g/mol. The molecule has 0 N–H and O–H groups in total. The van der Waals surface area contributed by atoms with Crippen LogP contribution in [0.3, 0.4) is 0 Å². The first-order chi connectivity index (χ1) is 18.3. The molecule has 2 aromatic rings. The second-order valence-electron chi connectivity index (χ2n) is 11.3. The zero-order chi connectivity index (χ0) is 26.8. The van der Waals surface area contributed by atoms with E-state index in [1.807, 2.05) is 36.1 Å². The normalized spacial score (nSPS) is 22.5. The number of benzene rings is 2. The molecule has 8 heteroatoms. The number of rotatable bonds is 7. The van der Waals surface area contributed by atoms with E-state index in [0.717, 1.165) is 43.0 Å². The van der Waals surface area contributed by atoms with Crippen LogP contribution in [0.25, 0.3) is 0 Å². The quantitative estimate of drug-likeness (QED) is 0.423. The highest BCUT2D eigenvalue weighted by Crippen LogP contribution is 2.33. The number of ether oxygens (including phenoxy) is 1. The summed E-state index contributed by atoms with van der Waals surface area (Å²) in [6.45, 7) is 6.29. The lowest BCUT2D eigenvalue weighted by molar-refractivity contribution is -0.136. The largest absolute Gasteiger partial charge is 0.415 e. The van der Waals surface area contributed by atoms with E-state index >= 15 is 0 Å². The average Bonchev–Trinajstić information content (AvgIpc) is 3.63. The van der Waals surface area contributed by atoms with E-state index in [1.54, 1.807) is 30.1 Å². The number of nitrogens with zero attached hydrogens (tertiary/aromatic N) is 3. The van der Waals surface area contributed by atoms with Gasteiger partial charge in [-0.25, -0.2) is 4.79 Å². The molecule has 2 aliphatic heterocycles. The first kappa shape index (κ1) is 27.3. The molecule has 0 aromatic heterocycles. The van der Waals surface area contributed by atoms with Crippen LogP contribution in [0.15, 0.2) is 42.5 Å². The molecule has 2 atom stereocenters. The molecule has 5 rings (SSSR count). The fraction of sp³-hybridized carbons (Fsp3) is 0.533. The molecule has 1 saturated carbocycles. The lowest BCUT2D eigenvalue weighted by atomic mass is 9.94. The lowest BCUT2D eigenvalue weighted by Crippen LogP contribution is -2.45. The summed E-state index contributed by atoms with van der Waals surface area (Å²) in [5, 5.41) is 1.03. The number of aryl methyl sites for hydroxylation is 1. The van der Waals surface area contributed by atoms with E-state index in [-0.39, 0.29) is 23.8 Å². The SMILES string of the molecule is Cc1ccc(OC(=O)N(C)[C@H]2CN(C(=O)C3CCN(CC4CC4)CC3)CC2Cc2ccc(Cl)c(Cl)c2)cc1. The van der Waals surface area contributed by atoms with Gasteiger partial charge in [-0.15, -0.1) is 0 Å². The summed E-state index contributed by atoms with van der Waals surface area (Å²) < 4.78 is 5.68. The highest BCUT2D eigenvalue weighted by Gasteiger charge is 2.42. The van der Waals surface area contributed by atoms with Crippen LogP contribution >= 0.6 is 23.2 Å². The van der Waals surface area contributed by atoms with E-state index in [1.165, 1.54) is 19.4 Å². The maximum absolute atomic E-state index is 13.6. The van der Waals surface area contributed by atoms with Crippen molar-refractivity contribution in [2.24, 2.45) is 17.8 Å². The number of piperidine rings is 1. The molecule has 3 fully saturated rings. The Morgan fingerprint density at radius 3 is 2.34 bits per heavy atom. The Kier molecular flexibility index (Phi) is 8.51. The molecule has 2 heterocycles. The number of likely N-dealkylation sites (tertiary alicyclic amines) is 2. The van der Waals surface area contributed by atoms with Crippen molar-refractivity contribution in [1.29, 1.82) is 0 Å². The van der Waals surface area contributed by atoms with Crippen LogP contribution in [0.1, 0.15) is 36.8 Å². The van der Waals surface area contributed by atoms with E-state index in [0.29, 0.717) is 35.3 Å². The van der Waals surface area contributed by atoms with Crippen LogP contribution in [0.2, 0.25) is 10.0 Å². The maximum atomic E-state index is 13.6. The van der Waals surface area contributed by atoms with Crippen molar-refractivity contribution in [2.75, 3.05) is 39.8 Å². The van der Waals surface area contributed by atoms with Crippen LogP contribution < -0.4 is 4.74 Å². The van der Waals surface area contributed by atoms with Gasteiger partial charge < -0.3 is 19.4 Å². The van der Waals surface area contributed by atoms with Gasteiger partial charge in [0.1, 0.15) is 5.75 Å². The van der Waals surface area contributed by atoms with Gasteiger partial charge in [-0.05, 0) is 87.9 Å². The van der Waals surface area contributed by atoms with E-state index in [2.05, 4.69) is 4.90 Å². The molecule has 0 bridgehead atoms. The highest BCUT2D eigenvalue weighted by molar-refractivity contribution is 6.42. The Bertz CT molecular complexity index is 1150. The summed E-state index contributed by atoms with van der Waals surface area (Å²) in [4.78, 5) is 32.9. The van der Waals surface area contributed by atoms with E-state index in [9.17, 15) is 9.59 Å². The standard InChI is InChI=1S/C30H37Cl2N3O3/c1-20-3-8-25(9-4-20)38-30(37)33(2)28-19-35(18-24(28)15-22-7-10-26(31)27(32)16-22)29(36)23-11-13-34(14-12-23)17-21-5-6-21/h3-4,7-10,16,21,23-24,28H,5-6,11-15,17-19H2,1-2H3/t24?,28-/m0/s1. The number of amides is 2. The van der Waals surface area contributed by atoms with E-state index in [4.69, 9.17) is 27.9 Å². The number of hydrogen-bond donors (Lipinski definition) is 0. The first-order valence-electron chi connectivity index (χ1n) is 13.7. The Morgan fingerprint density at radius 1 is 0.974 bits per heavy atom. The van der Waals surface area contributed by atoms with Crippen LogP contribution in [0, 0.1) is 24.7 Å². The van der Waals surface area contributed by atoms with Crippen molar-refractivity contribution >= 4 is 35.2 Å². The molecule has 204 valence electrons. The van der Waals surface area contributed by atoms with Crippen LogP contribution in [-0.2, 0) is 11.2 Å². The summed E-state index contributed by atoms with van der Waals surface area (Å²) >= 11 is 12.4. The zero-order valence-electron chi connectivity index (χ0n) is 22.2. The minimum absolute atomic E-state index is 0.0552. The van der Waals surface area contributed by atoms with Gasteiger partial charge in [-0.3, -0.25) is 4.79 Å². The Morgan fingerprint density at radius 2 is 1.68 bits per heavy atom. The minimum Gasteiger partial charge on any atom is -0.410 e. The van der Waals surface area contributed by atoms with Crippen molar-refractivity contribution in [3.63, 3.8) is 0 Å². The summed E-state index contributed by atoms with van der Waals surface area (Å²) in [6.07, 6.45) is 4.81. The predicted octanol–water partition coefficient (Wildman–Crippen LogP) is 5.92. The molecule has 0 spiro atoms. The molecule has 3 aliphatic rings. The molecule has 2 amide bonds. The third-order valence-corrected chi connectivity index (χ3v) is 9.10. The molecule has 0 radical (unpaired) electrons. The molecule has 1 aliphatic carbocycles. The van der Waals surface area contributed by atoms with Crippen LogP contribution in [0.4, 0.5) is 4.79 Å². The minimum atomic E-state index is -0.416. The van der Waals surface area contributed by atoms with E-state index < -0.39 is 6.09 Å². The van der Waals surface area contributed by atoms with Gasteiger partial charge in [-0.2, -0.15) is 0 Å². The number of likely N-dealkylation sites (N-methyl/N-ethyl adjacent to an activating group) is 1. The van der Waals surface area contributed by atoms with Crippen molar-refractivity contribution in [3.05, 3.63) is 63.6 Å². The summed E-state index contributed by atoms with van der Waals surface area (Å²) in [5.74, 6) is 1.72. The predicted molar refractivity (Wildman–Crippen MR) is 151 cm³/mol. The van der Waals surface area contributed by atoms with Crippen LogP contribution in [0.5, 0.6) is 5.75 Å². The number of halogens is 2. The maximum Gasteiger partial charge on any atom is 0.415 e. The number of carbonyl (C=O) groups is 2. The van der Waals surface area contributed by atoms with Gasteiger partial charge in [0, 0.05) is 38.5 Å². The van der Waals surface area contributed by atoms with Crippen molar-refractivity contribution in [3.8, 4) is 5.75 Å². The Hall–Kier alpha value is -2.28. The first-order valence-corrected chi connectivity index (χ1v) is 14.5. The van der Waals surface area contributed by atoms with Crippen molar-refractivity contribution < 1.29 is 14.3 Å². The third-order valence-electron chi connectivity index (χ3n) is 8.36. The number of carbonyl (C=O) groups excluding carboxylic acids is 2. The highest BCUT2D eigenvalue weighted by atomic mass is 35.5. The molecule has 38 heavy (non-hydrogen) atoms. The zero-order valence-corrected chi connectivity index (χ0v) is 23.8. The molecule has 1 unspecified atom stereocenters. The van der Waals surface area contributed by atoms with Gasteiger partial charge in [0.2, 0.25) is 5.91 Å². The molecule has 2 aromatic carbocycles. The van der Waals surface area contributed by atoms with Gasteiger partial charge in [-0.1, -0.05) is 47.0 Å². The van der Waals surface area contributed by atoms with Crippen molar-refractivity contribution in [1.82, 2.24) is 14.7 Å². The van der Waals surface area contributed by atoms with Gasteiger partial charge in [0.15, 0.2) is 0 Å². The Balaban J connectivity index is 1.27. The second kappa shape index (κ2) is 11.8. The smallest absolute Gasteiger partial charge is 0.410 e. The van der Waals surface area contributed by atoms with Crippen molar-refractivity contribution in [2.45, 2.75) is 45.1 Å². The van der Waals surface area contributed by atoms with Gasteiger partial charge >= 0.3 is 6.09 Å². The summed E-state index contributed by atoms with van der Waals surface area (Å²) in [5.41, 5.74) is 2.14. The lowest BCUT2D eigenvalue weighted by Gasteiger charge is -2.33. The molecule has 6 nitrogen and oxygen atoms in total. The molecular weight excluding hydrogens is 521 g/mol. The molecular formula is C30H37Cl2N3O3. The monoisotopic (exact) mass is 557 g/mol. The van der Waals surface area contributed by atoms with Gasteiger partial charge in [0.05, 0.1) is 16.1 Å². The van der Waals surface area contributed by atoms with Crippen LogP contribution in [-0.4, -0.2) is 72.5 Å².